The maximum atomic E-state index is 5.41. The van der Waals surface area contributed by atoms with Gasteiger partial charge in [-0.15, -0.1) is 0 Å². The molecule has 0 spiro atoms. The average molecular weight is 325 g/mol. The molecule has 0 bridgehead atoms. The SMILES string of the molecule is CCNC(=NCc1ccc2c(c1)OCO2)NCc1ccccc1C. The maximum Gasteiger partial charge on any atom is 0.231 e. The summed E-state index contributed by atoms with van der Waals surface area (Å²) in [6.45, 7) is 6.63. The average Bonchev–Trinajstić information content (AvgIpc) is 3.06. The number of ether oxygens (including phenoxy) is 2. The Labute approximate surface area is 142 Å². The smallest absolute Gasteiger partial charge is 0.231 e. The zero-order chi connectivity index (χ0) is 16.8. The molecule has 5 nitrogen and oxygen atoms in total. The van der Waals surface area contributed by atoms with Crippen molar-refractivity contribution in [1.29, 1.82) is 0 Å². The fourth-order valence-corrected chi connectivity index (χ4v) is 2.54. The summed E-state index contributed by atoms with van der Waals surface area (Å²) in [6, 6.07) is 14.3. The Bertz CT molecular complexity index is 728. The van der Waals surface area contributed by atoms with E-state index in [1.807, 2.05) is 18.2 Å². The molecule has 0 saturated carbocycles. The molecule has 2 N–H and O–H groups in total. The number of aryl methyl sites for hydroxylation is 1. The van der Waals surface area contributed by atoms with Gasteiger partial charge in [0.1, 0.15) is 0 Å². The maximum absolute atomic E-state index is 5.41. The molecule has 0 unspecified atom stereocenters. The summed E-state index contributed by atoms with van der Waals surface area (Å²) in [4.78, 5) is 4.65. The molecule has 1 heterocycles. The van der Waals surface area contributed by atoms with Crippen molar-refractivity contribution in [2.24, 2.45) is 4.99 Å². The normalized spacial score (nSPS) is 13.0. The van der Waals surface area contributed by atoms with Crippen molar-refractivity contribution in [1.82, 2.24) is 10.6 Å². The first-order valence-electron chi connectivity index (χ1n) is 8.21. The van der Waals surface area contributed by atoms with E-state index in [0.29, 0.717) is 13.3 Å². The molecule has 2 aromatic rings. The van der Waals surface area contributed by atoms with E-state index in [4.69, 9.17) is 9.47 Å². The second kappa shape index (κ2) is 7.73. The highest BCUT2D eigenvalue weighted by Crippen LogP contribution is 2.32. The predicted octanol–water partition coefficient (Wildman–Crippen LogP) is 2.98. The minimum atomic E-state index is 0.294. The minimum absolute atomic E-state index is 0.294. The van der Waals surface area contributed by atoms with Crippen LogP contribution in [0.15, 0.2) is 47.5 Å². The zero-order valence-corrected chi connectivity index (χ0v) is 14.1. The summed E-state index contributed by atoms with van der Waals surface area (Å²) < 4.78 is 10.7. The number of hydrogen-bond donors (Lipinski definition) is 2. The molecule has 1 aliphatic heterocycles. The van der Waals surface area contributed by atoms with Crippen LogP contribution in [0.4, 0.5) is 0 Å². The summed E-state index contributed by atoms with van der Waals surface area (Å²) >= 11 is 0. The molecule has 0 amide bonds. The van der Waals surface area contributed by atoms with Gasteiger partial charge in [0.25, 0.3) is 0 Å². The third kappa shape index (κ3) is 3.98. The van der Waals surface area contributed by atoms with Crippen LogP contribution in [0.25, 0.3) is 0 Å². The van der Waals surface area contributed by atoms with E-state index in [-0.39, 0.29) is 0 Å². The Kier molecular flexibility index (Phi) is 5.21. The first-order valence-corrected chi connectivity index (χ1v) is 8.21. The lowest BCUT2D eigenvalue weighted by atomic mass is 10.1. The molecule has 0 atom stereocenters. The van der Waals surface area contributed by atoms with Crippen LogP contribution < -0.4 is 20.1 Å². The molecule has 0 aliphatic carbocycles. The van der Waals surface area contributed by atoms with E-state index in [0.717, 1.165) is 36.1 Å². The predicted molar refractivity (Wildman–Crippen MR) is 95.4 cm³/mol. The molecule has 24 heavy (non-hydrogen) atoms. The number of benzene rings is 2. The first-order chi connectivity index (χ1) is 11.8. The highest BCUT2D eigenvalue weighted by molar-refractivity contribution is 5.79. The second-order valence-corrected chi connectivity index (χ2v) is 5.66. The van der Waals surface area contributed by atoms with Gasteiger partial charge >= 0.3 is 0 Å². The number of nitrogens with one attached hydrogen (secondary N) is 2. The number of aliphatic imine (C=N–C) groups is 1. The molecule has 0 fully saturated rings. The topological polar surface area (TPSA) is 54.9 Å². The van der Waals surface area contributed by atoms with E-state index in [9.17, 15) is 0 Å². The Morgan fingerprint density at radius 3 is 2.75 bits per heavy atom. The van der Waals surface area contributed by atoms with Gasteiger partial charge in [-0.3, -0.25) is 0 Å². The Hall–Kier alpha value is -2.69. The monoisotopic (exact) mass is 325 g/mol. The fourth-order valence-electron chi connectivity index (χ4n) is 2.54. The van der Waals surface area contributed by atoms with Crippen LogP contribution in [0, 0.1) is 6.92 Å². The Morgan fingerprint density at radius 1 is 1.08 bits per heavy atom. The lowest BCUT2D eigenvalue weighted by Crippen LogP contribution is -2.36. The van der Waals surface area contributed by atoms with Gasteiger partial charge in [-0.1, -0.05) is 30.3 Å². The summed E-state index contributed by atoms with van der Waals surface area (Å²) in [5.74, 6) is 2.39. The molecule has 0 radical (unpaired) electrons. The summed E-state index contributed by atoms with van der Waals surface area (Å²) in [5, 5.41) is 6.66. The van der Waals surface area contributed by atoms with E-state index < -0.39 is 0 Å². The van der Waals surface area contributed by atoms with Gasteiger partial charge in [0.15, 0.2) is 17.5 Å². The molecule has 0 saturated heterocycles. The zero-order valence-electron chi connectivity index (χ0n) is 14.1. The Balaban J connectivity index is 1.64. The number of rotatable bonds is 5. The number of nitrogens with zero attached hydrogens (tertiary/aromatic N) is 1. The van der Waals surface area contributed by atoms with Crippen LogP contribution in [0.2, 0.25) is 0 Å². The molecule has 126 valence electrons. The summed E-state index contributed by atoms with van der Waals surface area (Å²) in [5.41, 5.74) is 3.63. The second-order valence-electron chi connectivity index (χ2n) is 5.66. The van der Waals surface area contributed by atoms with Crippen molar-refractivity contribution in [2.45, 2.75) is 26.9 Å². The van der Waals surface area contributed by atoms with Crippen LogP contribution in [0.5, 0.6) is 11.5 Å². The van der Waals surface area contributed by atoms with Gasteiger partial charge in [0.05, 0.1) is 6.54 Å². The van der Waals surface area contributed by atoms with E-state index in [1.165, 1.54) is 11.1 Å². The third-order valence-electron chi connectivity index (χ3n) is 3.91. The highest BCUT2D eigenvalue weighted by atomic mass is 16.7. The quantitative estimate of drug-likeness (QED) is 0.655. The number of hydrogen-bond acceptors (Lipinski definition) is 3. The van der Waals surface area contributed by atoms with Gasteiger partial charge in [0, 0.05) is 13.1 Å². The van der Waals surface area contributed by atoms with Crippen LogP contribution in [0.3, 0.4) is 0 Å². The number of guanidine groups is 1. The van der Waals surface area contributed by atoms with Gasteiger partial charge in [-0.05, 0) is 42.7 Å². The van der Waals surface area contributed by atoms with Crippen molar-refractivity contribution in [3.63, 3.8) is 0 Å². The summed E-state index contributed by atoms with van der Waals surface area (Å²) in [7, 11) is 0. The molecule has 2 aromatic carbocycles. The van der Waals surface area contributed by atoms with Crippen LogP contribution in [-0.4, -0.2) is 19.3 Å². The highest BCUT2D eigenvalue weighted by Gasteiger charge is 2.12. The summed E-state index contributed by atoms with van der Waals surface area (Å²) in [6.07, 6.45) is 0. The van der Waals surface area contributed by atoms with Crippen LogP contribution in [0.1, 0.15) is 23.6 Å². The number of fused-ring (bicyclic) bond motifs is 1. The minimum Gasteiger partial charge on any atom is -0.454 e. The molecular weight excluding hydrogens is 302 g/mol. The van der Waals surface area contributed by atoms with Gasteiger partial charge < -0.3 is 20.1 Å². The standard InChI is InChI=1S/C19H23N3O2/c1-3-20-19(22-12-16-7-5-4-6-14(16)2)21-11-15-8-9-17-18(10-15)24-13-23-17/h4-10H,3,11-13H2,1-2H3,(H2,20,21,22). The van der Waals surface area contributed by atoms with Crippen molar-refractivity contribution in [3.05, 3.63) is 59.2 Å². The van der Waals surface area contributed by atoms with E-state index >= 15 is 0 Å². The van der Waals surface area contributed by atoms with Crippen LogP contribution >= 0.6 is 0 Å². The van der Waals surface area contributed by atoms with Crippen molar-refractivity contribution in [3.8, 4) is 11.5 Å². The van der Waals surface area contributed by atoms with Gasteiger partial charge in [-0.25, -0.2) is 4.99 Å². The largest absolute Gasteiger partial charge is 0.454 e. The van der Waals surface area contributed by atoms with E-state index in [2.05, 4.69) is 53.7 Å². The Morgan fingerprint density at radius 2 is 1.92 bits per heavy atom. The molecule has 5 heteroatoms. The van der Waals surface area contributed by atoms with Crippen molar-refractivity contribution in [2.75, 3.05) is 13.3 Å². The lowest BCUT2D eigenvalue weighted by molar-refractivity contribution is 0.174. The lowest BCUT2D eigenvalue weighted by Gasteiger charge is -2.12. The van der Waals surface area contributed by atoms with Gasteiger partial charge in [-0.2, -0.15) is 0 Å². The first kappa shape index (κ1) is 16.2. The van der Waals surface area contributed by atoms with Gasteiger partial charge in [0.2, 0.25) is 6.79 Å². The van der Waals surface area contributed by atoms with Crippen LogP contribution in [-0.2, 0) is 13.1 Å². The fraction of sp³-hybridized carbons (Fsp3) is 0.316. The third-order valence-corrected chi connectivity index (χ3v) is 3.91. The molecular formula is C19H23N3O2. The molecule has 0 aromatic heterocycles. The van der Waals surface area contributed by atoms with Crippen molar-refractivity contribution >= 4 is 5.96 Å². The van der Waals surface area contributed by atoms with E-state index in [1.54, 1.807) is 0 Å². The molecule has 1 aliphatic rings. The van der Waals surface area contributed by atoms with Crippen molar-refractivity contribution < 1.29 is 9.47 Å². The molecule has 3 rings (SSSR count).